The molecule has 35 heavy (non-hydrogen) atoms. The Bertz CT molecular complexity index is 571. The van der Waals surface area contributed by atoms with Crippen LogP contribution in [0.4, 0.5) is 0 Å². The minimum absolute atomic E-state index is 0.0134. The summed E-state index contributed by atoms with van der Waals surface area (Å²) in [5.74, 6) is -0.194. The second-order valence-electron chi connectivity index (χ2n) is 10.8. The second kappa shape index (κ2) is 20.5. The van der Waals surface area contributed by atoms with E-state index in [0.717, 1.165) is 38.5 Å². The number of hydrogen-bond acceptors (Lipinski definition) is 6. The first kappa shape index (κ1) is 34.5. The summed E-state index contributed by atoms with van der Waals surface area (Å²) in [5, 5.41) is 13.5. The molecule has 0 aromatic rings. The predicted octanol–water partition coefficient (Wildman–Crippen LogP) is 4.93. The van der Waals surface area contributed by atoms with Gasteiger partial charge < -0.3 is 28.8 Å². The van der Waals surface area contributed by atoms with Crippen molar-refractivity contribution in [1.29, 1.82) is 0 Å². The van der Waals surface area contributed by atoms with Gasteiger partial charge in [-0.3, -0.25) is 9.36 Å². The highest BCUT2D eigenvalue weighted by Crippen LogP contribution is 2.38. The van der Waals surface area contributed by atoms with Crippen LogP contribution in [0.5, 0.6) is 0 Å². The van der Waals surface area contributed by atoms with Crippen LogP contribution in [-0.4, -0.2) is 68.5 Å². The van der Waals surface area contributed by atoms with E-state index in [-0.39, 0.29) is 19.1 Å². The van der Waals surface area contributed by atoms with Crippen LogP contribution in [0.15, 0.2) is 0 Å². The minimum Gasteiger partial charge on any atom is -0.756 e. The topological polar surface area (TPSA) is 108 Å². The van der Waals surface area contributed by atoms with Crippen LogP contribution in [0.3, 0.4) is 0 Å². The monoisotopic (exact) mass is 522 g/mol. The van der Waals surface area contributed by atoms with Gasteiger partial charge >= 0.3 is 0 Å². The first-order valence-corrected chi connectivity index (χ1v) is 15.3. The van der Waals surface area contributed by atoms with Gasteiger partial charge in [-0.15, -0.1) is 0 Å². The number of carbonyl (C=O) groups excluding carboxylic acids is 1. The molecule has 0 spiro atoms. The Kier molecular flexibility index (Phi) is 20.3. The molecule has 0 aromatic heterocycles. The molecule has 9 heteroatoms. The largest absolute Gasteiger partial charge is 0.756 e. The molecule has 0 rings (SSSR count). The van der Waals surface area contributed by atoms with Crippen LogP contribution in [0.1, 0.15) is 110 Å². The third kappa shape index (κ3) is 22.4. The van der Waals surface area contributed by atoms with Gasteiger partial charge in [-0.25, -0.2) is 0 Å². The summed E-state index contributed by atoms with van der Waals surface area (Å²) in [6.45, 7) is 4.48. The summed E-state index contributed by atoms with van der Waals surface area (Å²) >= 11 is 0. The maximum Gasteiger partial charge on any atom is 0.268 e. The molecule has 210 valence electrons. The Morgan fingerprint density at radius 2 is 1.40 bits per heavy atom. The molecule has 1 amide bonds. The number of aliphatic hydroxyl groups excluding tert-OH is 1. The fraction of sp³-hybridized carbons (Fsp3) is 0.962. The average molecular weight is 523 g/mol. The fourth-order valence-corrected chi connectivity index (χ4v) is 4.46. The Morgan fingerprint density at radius 1 is 0.886 bits per heavy atom. The minimum atomic E-state index is -4.52. The lowest BCUT2D eigenvalue weighted by atomic mass is 10.0. The molecule has 0 bridgehead atoms. The normalized spacial score (nSPS) is 15.5. The van der Waals surface area contributed by atoms with Gasteiger partial charge in [0.15, 0.2) is 0 Å². The second-order valence-corrected chi connectivity index (χ2v) is 12.2. The van der Waals surface area contributed by atoms with Crippen LogP contribution in [0.25, 0.3) is 0 Å². The Hall–Kier alpha value is -0.500. The molecule has 0 heterocycles. The van der Waals surface area contributed by atoms with Gasteiger partial charge in [0.05, 0.1) is 39.9 Å². The summed E-state index contributed by atoms with van der Waals surface area (Å²) in [7, 11) is 1.30. The Morgan fingerprint density at radius 3 is 1.94 bits per heavy atom. The van der Waals surface area contributed by atoms with E-state index in [9.17, 15) is 19.4 Å². The SMILES string of the molecule is CCCCCCCCCCCCC(O)C(COP(=O)([O-])OCC[N+](C)(C)C)NC(=O)CCCCC. The molecule has 0 saturated carbocycles. The zero-order valence-electron chi connectivity index (χ0n) is 23.3. The lowest BCUT2D eigenvalue weighted by Crippen LogP contribution is -2.46. The van der Waals surface area contributed by atoms with Gasteiger partial charge in [-0.1, -0.05) is 90.9 Å². The number of nitrogens with zero attached hydrogens (tertiary/aromatic N) is 1. The number of aliphatic hydroxyl groups is 1. The van der Waals surface area contributed by atoms with E-state index in [1.807, 2.05) is 21.1 Å². The fourth-order valence-electron chi connectivity index (χ4n) is 3.74. The summed E-state index contributed by atoms with van der Waals surface area (Å²) in [5.41, 5.74) is 0. The number of nitrogens with one attached hydrogen (secondary N) is 1. The summed E-state index contributed by atoms with van der Waals surface area (Å²) in [4.78, 5) is 24.5. The van der Waals surface area contributed by atoms with Crippen LogP contribution in [0.2, 0.25) is 0 Å². The molecule has 3 unspecified atom stereocenters. The van der Waals surface area contributed by atoms with Gasteiger partial charge in [0.1, 0.15) is 13.2 Å². The number of rotatable bonds is 24. The standard InChI is InChI=1S/C26H55N2O6P/c1-6-8-10-11-12-13-14-15-16-18-19-25(29)24(27-26(30)20-17-9-7-2)23-34-35(31,32)33-22-21-28(3,4)5/h24-25,29H,6-23H2,1-5H3,(H-,27,30,31,32). The molecule has 0 aliphatic rings. The highest BCUT2D eigenvalue weighted by atomic mass is 31.2. The van der Waals surface area contributed by atoms with Crippen molar-refractivity contribution in [2.75, 3.05) is 40.9 Å². The zero-order chi connectivity index (χ0) is 26.6. The van der Waals surface area contributed by atoms with Crippen molar-refractivity contribution in [2.45, 2.75) is 122 Å². The number of phosphoric acid groups is 1. The van der Waals surface area contributed by atoms with Crippen molar-refractivity contribution >= 4 is 13.7 Å². The molecule has 0 aliphatic heterocycles. The average Bonchev–Trinajstić information content (AvgIpc) is 2.76. The Balaban J connectivity index is 4.51. The lowest BCUT2D eigenvalue weighted by Gasteiger charge is -2.30. The summed E-state index contributed by atoms with van der Waals surface area (Å²) in [6, 6.07) is -0.785. The third-order valence-corrected chi connectivity index (χ3v) is 7.06. The summed E-state index contributed by atoms with van der Waals surface area (Å²) < 4.78 is 22.7. The smallest absolute Gasteiger partial charge is 0.268 e. The molecule has 3 atom stereocenters. The number of quaternary nitrogens is 1. The molecule has 0 aliphatic carbocycles. The maximum absolute atomic E-state index is 12.3. The molecule has 2 N–H and O–H groups in total. The number of amides is 1. The molecule has 0 radical (unpaired) electrons. The number of hydrogen-bond donors (Lipinski definition) is 2. The van der Waals surface area contributed by atoms with Crippen molar-refractivity contribution in [3.63, 3.8) is 0 Å². The predicted molar refractivity (Wildman–Crippen MR) is 141 cm³/mol. The van der Waals surface area contributed by atoms with Crippen molar-refractivity contribution < 1.29 is 32.9 Å². The number of phosphoric ester groups is 1. The van der Waals surface area contributed by atoms with Crippen LogP contribution >= 0.6 is 7.82 Å². The number of likely N-dealkylation sites (N-methyl/N-ethyl adjacent to an activating group) is 1. The van der Waals surface area contributed by atoms with Crippen molar-refractivity contribution in [3.05, 3.63) is 0 Å². The van der Waals surface area contributed by atoms with Crippen molar-refractivity contribution in [1.82, 2.24) is 5.32 Å². The van der Waals surface area contributed by atoms with Gasteiger partial charge in [-0.2, -0.15) is 0 Å². The van der Waals surface area contributed by atoms with Crippen molar-refractivity contribution in [3.8, 4) is 0 Å². The van der Waals surface area contributed by atoms with Crippen LogP contribution < -0.4 is 10.2 Å². The van der Waals surface area contributed by atoms with E-state index < -0.39 is 20.0 Å². The molecular weight excluding hydrogens is 467 g/mol. The van der Waals surface area contributed by atoms with Crippen LogP contribution in [-0.2, 0) is 18.4 Å². The highest BCUT2D eigenvalue weighted by Gasteiger charge is 2.24. The van der Waals surface area contributed by atoms with E-state index in [2.05, 4.69) is 19.2 Å². The van der Waals surface area contributed by atoms with E-state index in [4.69, 9.17) is 9.05 Å². The summed E-state index contributed by atoms with van der Waals surface area (Å²) in [6.07, 6.45) is 14.6. The molecule has 8 nitrogen and oxygen atoms in total. The van der Waals surface area contributed by atoms with E-state index >= 15 is 0 Å². The van der Waals surface area contributed by atoms with Crippen molar-refractivity contribution in [2.24, 2.45) is 0 Å². The van der Waals surface area contributed by atoms with E-state index in [0.29, 0.717) is 23.9 Å². The Labute approximate surface area is 215 Å². The van der Waals surface area contributed by atoms with Gasteiger partial charge in [-0.05, 0) is 12.8 Å². The van der Waals surface area contributed by atoms with E-state index in [1.54, 1.807) is 0 Å². The molecule has 0 saturated heterocycles. The van der Waals surface area contributed by atoms with Gasteiger partial charge in [0, 0.05) is 6.42 Å². The number of carbonyl (C=O) groups is 1. The lowest BCUT2D eigenvalue weighted by molar-refractivity contribution is -0.870. The van der Waals surface area contributed by atoms with Gasteiger partial charge in [0.2, 0.25) is 5.91 Å². The highest BCUT2D eigenvalue weighted by molar-refractivity contribution is 7.45. The first-order chi connectivity index (χ1) is 16.5. The first-order valence-electron chi connectivity index (χ1n) is 13.9. The molecule has 0 aromatic carbocycles. The molecule has 0 fully saturated rings. The molecular formula is C26H55N2O6P. The quantitative estimate of drug-likeness (QED) is 0.106. The third-order valence-electron chi connectivity index (χ3n) is 6.10. The maximum atomic E-state index is 12.3. The van der Waals surface area contributed by atoms with Gasteiger partial charge in [0.25, 0.3) is 7.82 Å². The zero-order valence-corrected chi connectivity index (χ0v) is 24.2. The number of unbranched alkanes of at least 4 members (excludes halogenated alkanes) is 11. The van der Waals surface area contributed by atoms with E-state index in [1.165, 1.54) is 44.9 Å². The van der Waals surface area contributed by atoms with Crippen LogP contribution in [0, 0.1) is 0 Å².